The van der Waals surface area contributed by atoms with Crippen LogP contribution in [0.3, 0.4) is 0 Å². The predicted molar refractivity (Wildman–Crippen MR) is 141 cm³/mol. The minimum Gasteiger partial charge on any atom is -0.478 e. The number of carbonyl (C=O) groups is 2. The molecular formula is C24H23N3O12S2. The van der Waals surface area contributed by atoms with Gasteiger partial charge in [-0.2, -0.15) is 18.4 Å². The minimum absolute atomic E-state index is 0.0115. The third-order valence-corrected chi connectivity index (χ3v) is 6.88. The Labute approximate surface area is 234 Å². The fraction of sp³-hybridized carbons (Fsp3) is 0.292. The van der Waals surface area contributed by atoms with Gasteiger partial charge in [-0.3, -0.25) is 10.1 Å². The largest absolute Gasteiger partial charge is 0.478 e. The van der Waals surface area contributed by atoms with Crippen molar-refractivity contribution in [1.29, 1.82) is 0 Å². The number of esters is 1. The average molecular weight is 610 g/mol. The second kappa shape index (κ2) is 12.7. The van der Waals surface area contributed by atoms with Crippen LogP contribution < -0.4 is 9.47 Å². The van der Waals surface area contributed by atoms with Crippen molar-refractivity contribution in [3.63, 3.8) is 0 Å². The first-order valence-corrected chi connectivity index (χ1v) is 14.6. The van der Waals surface area contributed by atoms with Crippen LogP contribution in [-0.4, -0.2) is 72.6 Å². The first kappa shape index (κ1) is 30.9. The van der Waals surface area contributed by atoms with E-state index in [9.17, 15) is 41.6 Å². The van der Waals surface area contributed by atoms with E-state index in [1.165, 1.54) is 36.4 Å². The summed E-state index contributed by atoms with van der Waals surface area (Å²) in [6.07, 6.45) is 2.57. The molecule has 1 unspecified atom stereocenters. The maximum Gasteiger partial charge on any atom is 0.392 e. The van der Waals surface area contributed by atoms with Crippen molar-refractivity contribution in [3.05, 3.63) is 63.2 Å². The van der Waals surface area contributed by atoms with Crippen molar-refractivity contribution in [3.8, 4) is 17.5 Å². The molecule has 1 aromatic carbocycles. The number of nitro groups is 1. The van der Waals surface area contributed by atoms with Crippen LogP contribution >= 0.6 is 0 Å². The highest BCUT2D eigenvalue weighted by molar-refractivity contribution is 7.90. The zero-order chi connectivity index (χ0) is 30.5. The van der Waals surface area contributed by atoms with Crippen LogP contribution in [0.1, 0.15) is 35.7 Å². The van der Waals surface area contributed by atoms with Gasteiger partial charge in [0.05, 0.1) is 22.0 Å². The second-order valence-electron chi connectivity index (χ2n) is 8.52. The molecule has 0 spiro atoms. The van der Waals surface area contributed by atoms with Gasteiger partial charge in [-0.05, 0) is 49.3 Å². The molecular weight excluding hydrogens is 586 g/mol. The molecule has 0 aliphatic heterocycles. The molecule has 0 saturated carbocycles. The Morgan fingerprint density at radius 1 is 1.17 bits per heavy atom. The number of ether oxygens (including phenoxy) is 3. The number of hydrogen-bond donors (Lipinski definition) is 1. The number of aryl methyl sites for hydroxylation is 1. The van der Waals surface area contributed by atoms with Gasteiger partial charge in [0.15, 0.2) is 0 Å². The van der Waals surface area contributed by atoms with Gasteiger partial charge in [0.2, 0.25) is 26.2 Å². The molecule has 15 nitrogen and oxygen atoms in total. The number of aromatic nitrogens is 2. The SMILES string of the molecule is CCOC(=O)c1cc(C)cc(Oc2nc(S(C)(=O)=O)nc(OC(CC3=CCC(=S(=O)=O)C=C3)C(=O)O)c2[N+](=O)[O-])c1. The van der Waals surface area contributed by atoms with Gasteiger partial charge in [0, 0.05) is 19.1 Å². The summed E-state index contributed by atoms with van der Waals surface area (Å²) in [7, 11) is -6.69. The lowest BCUT2D eigenvalue weighted by atomic mass is 10.0. The highest BCUT2D eigenvalue weighted by Gasteiger charge is 2.34. The number of hydrogen-bond acceptors (Lipinski definition) is 13. The van der Waals surface area contributed by atoms with Crippen molar-refractivity contribution >= 4 is 42.6 Å². The summed E-state index contributed by atoms with van der Waals surface area (Å²) >= 11 is 0. The van der Waals surface area contributed by atoms with Crippen molar-refractivity contribution in [1.82, 2.24) is 9.97 Å². The monoisotopic (exact) mass is 609 g/mol. The van der Waals surface area contributed by atoms with E-state index in [2.05, 4.69) is 9.97 Å². The van der Waals surface area contributed by atoms with E-state index in [4.69, 9.17) is 14.2 Å². The molecule has 1 heterocycles. The first-order valence-electron chi connectivity index (χ1n) is 11.6. The Balaban J connectivity index is 2.09. The Kier molecular flexibility index (Phi) is 9.56. The number of carboxylic acids is 1. The maximum absolute atomic E-state index is 12.3. The lowest BCUT2D eigenvalue weighted by Gasteiger charge is -2.17. The third kappa shape index (κ3) is 7.95. The Bertz CT molecular complexity index is 1720. The van der Waals surface area contributed by atoms with Gasteiger partial charge < -0.3 is 19.3 Å². The quantitative estimate of drug-likeness (QED) is 0.127. The number of rotatable bonds is 11. The van der Waals surface area contributed by atoms with Crippen LogP contribution in [0.2, 0.25) is 0 Å². The summed E-state index contributed by atoms with van der Waals surface area (Å²) in [5.74, 6) is -4.31. The fourth-order valence-electron chi connectivity index (χ4n) is 3.49. The summed E-state index contributed by atoms with van der Waals surface area (Å²) in [5.41, 5.74) is -0.204. The van der Waals surface area contributed by atoms with Gasteiger partial charge in [-0.15, -0.1) is 0 Å². The normalized spacial score (nSPS) is 13.6. The summed E-state index contributed by atoms with van der Waals surface area (Å²) < 4.78 is 62.7. The Hall–Kier alpha value is -4.64. The highest BCUT2D eigenvalue weighted by atomic mass is 32.2. The van der Waals surface area contributed by atoms with Crippen molar-refractivity contribution in [2.24, 2.45) is 0 Å². The van der Waals surface area contributed by atoms with E-state index in [0.29, 0.717) is 17.4 Å². The van der Waals surface area contributed by atoms with E-state index in [1.54, 1.807) is 13.8 Å². The summed E-state index contributed by atoms with van der Waals surface area (Å²) in [4.78, 5) is 42.6. The molecule has 3 rings (SSSR count). The van der Waals surface area contributed by atoms with E-state index >= 15 is 0 Å². The van der Waals surface area contributed by atoms with Crippen LogP contribution in [0, 0.1) is 17.0 Å². The smallest absolute Gasteiger partial charge is 0.392 e. The standard InChI is InChI=1S/C24H23N3O12S2/c1-4-37-23(30)15-9-13(2)10-16(12-15)38-20-19(27(31)32)21(26-24(25-20)41(3,35)36)39-18(22(28)29)11-14-5-7-17(8-6-14)40(33)34/h5-7,9-10,12,18H,4,8,11H2,1-3H3,(H,28,29). The van der Waals surface area contributed by atoms with E-state index in [-0.39, 0.29) is 35.6 Å². The Morgan fingerprint density at radius 2 is 1.85 bits per heavy atom. The number of nitrogens with zero attached hydrogens (tertiary/aromatic N) is 3. The summed E-state index contributed by atoms with van der Waals surface area (Å²) in [6.45, 7) is 3.27. The van der Waals surface area contributed by atoms with Crippen LogP contribution in [0.15, 0.2) is 47.2 Å². The zero-order valence-electron chi connectivity index (χ0n) is 21.8. The molecule has 0 radical (unpaired) electrons. The molecule has 0 amide bonds. The van der Waals surface area contributed by atoms with Gasteiger partial charge in [0.1, 0.15) is 5.75 Å². The lowest BCUT2D eigenvalue weighted by molar-refractivity contribution is -0.387. The molecule has 0 saturated heterocycles. The van der Waals surface area contributed by atoms with E-state index < -0.39 is 65.7 Å². The number of benzene rings is 1. The van der Waals surface area contributed by atoms with Gasteiger partial charge >= 0.3 is 29.4 Å². The fourth-order valence-corrected chi connectivity index (χ4v) is 4.39. The minimum atomic E-state index is -4.23. The van der Waals surface area contributed by atoms with Gasteiger partial charge in [-0.25, -0.2) is 18.0 Å². The lowest BCUT2D eigenvalue weighted by Crippen LogP contribution is -2.29. The van der Waals surface area contributed by atoms with Crippen LogP contribution in [0.25, 0.3) is 0 Å². The summed E-state index contributed by atoms with van der Waals surface area (Å²) in [5, 5.41) is 20.9. The number of carbonyl (C=O) groups excluding carboxylic acids is 1. The van der Waals surface area contributed by atoms with E-state index in [1.807, 2.05) is 0 Å². The number of aliphatic carboxylic acids is 1. The molecule has 218 valence electrons. The van der Waals surface area contributed by atoms with Crippen molar-refractivity contribution < 1.29 is 50.7 Å². The molecule has 17 heteroatoms. The molecule has 1 aliphatic carbocycles. The van der Waals surface area contributed by atoms with Crippen LogP contribution in [0.5, 0.6) is 17.5 Å². The molecule has 0 bridgehead atoms. The van der Waals surface area contributed by atoms with Crippen LogP contribution in [-0.2, 0) is 29.7 Å². The van der Waals surface area contributed by atoms with Crippen molar-refractivity contribution in [2.45, 2.75) is 37.9 Å². The molecule has 1 atom stereocenters. The van der Waals surface area contributed by atoms with Gasteiger partial charge in [0.25, 0.3) is 5.16 Å². The molecule has 41 heavy (non-hydrogen) atoms. The number of carboxylic acid groups (broad SMARTS) is 1. The molecule has 1 aromatic heterocycles. The summed E-state index contributed by atoms with van der Waals surface area (Å²) in [6, 6.07) is 4.05. The highest BCUT2D eigenvalue weighted by Crippen LogP contribution is 2.38. The average Bonchev–Trinajstić information content (AvgIpc) is 2.87. The molecule has 0 fully saturated rings. The molecule has 1 N–H and O–H groups in total. The first-order chi connectivity index (χ1) is 19.2. The molecule has 1 aliphatic rings. The zero-order valence-corrected chi connectivity index (χ0v) is 23.4. The van der Waals surface area contributed by atoms with Crippen LogP contribution in [0.4, 0.5) is 5.69 Å². The molecule has 2 aromatic rings. The third-order valence-electron chi connectivity index (χ3n) is 5.30. The van der Waals surface area contributed by atoms with E-state index in [0.717, 1.165) is 0 Å². The maximum atomic E-state index is 12.3. The van der Waals surface area contributed by atoms with Crippen molar-refractivity contribution in [2.75, 3.05) is 12.9 Å². The number of allylic oxidation sites excluding steroid dienone is 3. The predicted octanol–water partition coefficient (Wildman–Crippen LogP) is 2.23. The Morgan fingerprint density at radius 3 is 2.39 bits per heavy atom. The topological polar surface area (TPSA) is 219 Å². The van der Waals surface area contributed by atoms with Gasteiger partial charge in [-0.1, -0.05) is 12.2 Å². The number of sulfone groups is 1. The second-order valence-corrected chi connectivity index (χ2v) is 11.4.